The molecular formula is C19H30N2O5. The molecule has 0 amide bonds. The van der Waals surface area contributed by atoms with E-state index in [4.69, 9.17) is 4.74 Å². The second-order valence-corrected chi connectivity index (χ2v) is 6.61. The Morgan fingerprint density at radius 2 is 1.23 bits per heavy atom. The molecule has 0 aromatic heterocycles. The molecule has 0 heterocycles. The van der Waals surface area contributed by atoms with Crippen molar-refractivity contribution >= 4 is 11.4 Å². The highest BCUT2D eigenvalue weighted by Gasteiger charge is 2.16. The maximum Gasteiger partial charge on any atom is 0.276 e. The Morgan fingerprint density at radius 3 is 1.69 bits per heavy atom. The van der Waals surface area contributed by atoms with Gasteiger partial charge in [-0.2, -0.15) is 0 Å². The average molecular weight is 366 g/mol. The van der Waals surface area contributed by atoms with E-state index < -0.39 is 9.85 Å². The number of ether oxygens (including phenoxy) is 1. The van der Waals surface area contributed by atoms with Crippen LogP contribution in [0.2, 0.25) is 0 Å². The Kier molecular flexibility index (Phi) is 11.2. The second-order valence-electron chi connectivity index (χ2n) is 6.61. The van der Waals surface area contributed by atoms with E-state index in [-0.39, 0.29) is 18.0 Å². The van der Waals surface area contributed by atoms with Crippen molar-refractivity contribution in [3.8, 4) is 0 Å². The number of rotatable bonds is 15. The predicted octanol–water partition coefficient (Wildman–Crippen LogP) is 5.94. The number of unbranched alkanes of at least 4 members (excludes halogenated alkanes) is 9. The summed E-state index contributed by atoms with van der Waals surface area (Å²) in [5.41, 5.74) is -0.105. The molecule has 7 heteroatoms. The highest BCUT2D eigenvalue weighted by atomic mass is 16.6. The van der Waals surface area contributed by atoms with Crippen LogP contribution in [0, 0.1) is 20.2 Å². The van der Waals surface area contributed by atoms with E-state index in [1.165, 1.54) is 63.5 Å². The van der Waals surface area contributed by atoms with E-state index in [0.717, 1.165) is 18.9 Å². The van der Waals surface area contributed by atoms with Crippen LogP contribution in [0.25, 0.3) is 0 Å². The lowest BCUT2D eigenvalue weighted by Crippen LogP contribution is -1.99. The number of nitro benzene ring substituents is 2. The lowest BCUT2D eigenvalue weighted by Gasteiger charge is -2.05. The summed E-state index contributed by atoms with van der Waals surface area (Å²) >= 11 is 0. The SMILES string of the molecule is CCCCCCCCCCCCOCc1cc([N+](=O)[O-])cc([N+](=O)[O-])c1. The Labute approximate surface area is 155 Å². The number of non-ortho nitro benzene ring substituents is 2. The molecule has 26 heavy (non-hydrogen) atoms. The van der Waals surface area contributed by atoms with Gasteiger partial charge in [-0.3, -0.25) is 20.2 Å². The third-order valence-corrected chi connectivity index (χ3v) is 4.29. The number of nitrogens with zero attached hydrogens (tertiary/aromatic N) is 2. The smallest absolute Gasteiger partial charge is 0.276 e. The fraction of sp³-hybridized carbons (Fsp3) is 0.684. The van der Waals surface area contributed by atoms with Crippen molar-refractivity contribution in [3.63, 3.8) is 0 Å². The molecule has 0 fully saturated rings. The van der Waals surface area contributed by atoms with Crippen LogP contribution in [-0.4, -0.2) is 16.5 Å². The van der Waals surface area contributed by atoms with E-state index in [2.05, 4.69) is 6.92 Å². The molecule has 0 aliphatic rings. The van der Waals surface area contributed by atoms with Crippen LogP contribution >= 0.6 is 0 Å². The van der Waals surface area contributed by atoms with Gasteiger partial charge in [-0.15, -0.1) is 0 Å². The van der Waals surface area contributed by atoms with Gasteiger partial charge in [0, 0.05) is 18.7 Å². The van der Waals surface area contributed by atoms with Crippen LogP contribution in [-0.2, 0) is 11.3 Å². The number of hydrogen-bond donors (Lipinski definition) is 0. The highest BCUT2D eigenvalue weighted by molar-refractivity contribution is 5.46. The zero-order chi connectivity index (χ0) is 19.2. The summed E-state index contributed by atoms with van der Waals surface area (Å²) in [6, 6.07) is 3.61. The summed E-state index contributed by atoms with van der Waals surface area (Å²) < 4.78 is 5.52. The van der Waals surface area contributed by atoms with Crippen molar-refractivity contribution in [3.05, 3.63) is 44.0 Å². The van der Waals surface area contributed by atoms with Gasteiger partial charge < -0.3 is 4.74 Å². The van der Waals surface area contributed by atoms with E-state index in [9.17, 15) is 20.2 Å². The Morgan fingerprint density at radius 1 is 0.769 bits per heavy atom. The van der Waals surface area contributed by atoms with Gasteiger partial charge in [0.15, 0.2) is 0 Å². The van der Waals surface area contributed by atoms with Crippen LogP contribution < -0.4 is 0 Å². The van der Waals surface area contributed by atoms with Crippen molar-refractivity contribution < 1.29 is 14.6 Å². The van der Waals surface area contributed by atoms with Crippen LogP contribution in [0.1, 0.15) is 76.7 Å². The summed E-state index contributed by atoms with van der Waals surface area (Å²) in [6.07, 6.45) is 12.4. The minimum Gasteiger partial charge on any atom is -0.377 e. The fourth-order valence-electron chi connectivity index (χ4n) is 2.83. The second kappa shape index (κ2) is 13.2. The van der Waals surface area contributed by atoms with Crippen LogP contribution in [0.5, 0.6) is 0 Å². The zero-order valence-corrected chi connectivity index (χ0v) is 15.7. The van der Waals surface area contributed by atoms with Crippen LogP contribution in [0.3, 0.4) is 0 Å². The van der Waals surface area contributed by atoms with E-state index in [1.807, 2.05) is 0 Å². The monoisotopic (exact) mass is 366 g/mol. The lowest BCUT2D eigenvalue weighted by molar-refractivity contribution is -0.394. The Hall–Kier alpha value is -2.02. The molecule has 7 nitrogen and oxygen atoms in total. The van der Waals surface area contributed by atoms with Crippen molar-refractivity contribution in [1.82, 2.24) is 0 Å². The van der Waals surface area contributed by atoms with Crippen molar-refractivity contribution in [2.75, 3.05) is 6.61 Å². The first-order chi connectivity index (χ1) is 12.5. The maximum absolute atomic E-state index is 10.8. The van der Waals surface area contributed by atoms with E-state index in [0.29, 0.717) is 12.2 Å². The quantitative estimate of drug-likeness (QED) is 0.217. The average Bonchev–Trinajstić information content (AvgIpc) is 2.62. The summed E-state index contributed by atoms with van der Waals surface area (Å²) in [5.74, 6) is 0. The summed E-state index contributed by atoms with van der Waals surface area (Å²) in [4.78, 5) is 20.4. The van der Waals surface area contributed by atoms with Crippen LogP contribution in [0.4, 0.5) is 11.4 Å². The summed E-state index contributed by atoms with van der Waals surface area (Å²) in [6.45, 7) is 2.94. The lowest BCUT2D eigenvalue weighted by atomic mass is 10.1. The molecule has 1 aromatic carbocycles. The molecule has 0 atom stereocenters. The topological polar surface area (TPSA) is 95.5 Å². The molecule has 1 aromatic rings. The first-order valence-corrected chi connectivity index (χ1v) is 9.55. The third-order valence-electron chi connectivity index (χ3n) is 4.29. The summed E-state index contributed by atoms with van der Waals surface area (Å²) in [7, 11) is 0. The molecule has 0 spiro atoms. The van der Waals surface area contributed by atoms with Crippen LogP contribution in [0.15, 0.2) is 18.2 Å². The normalized spacial score (nSPS) is 10.8. The molecule has 0 unspecified atom stereocenters. The number of hydrogen-bond acceptors (Lipinski definition) is 5. The predicted molar refractivity (Wildman–Crippen MR) is 101 cm³/mol. The molecule has 0 saturated carbocycles. The Bertz CT molecular complexity index is 531. The molecule has 0 N–H and O–H groups in total. The highest BCUT2D eigenvalue weighted by Crippen LogP contribution is 2.23. The first kappa shape index (κ1) is 22.0. The van der Waals surface area contributed by atoms with Gasteiger partial charge in [0.2, 0.25) is 0 Å². The zero-order valence-electron chi connectivity index (χ0n) is 15.7. The van der Waals surface area contributed by atoms with Gasteiger partial charge in [0.25, 0.3) is 11.4 Å². The maximum atomic E-state index is 10.8. The molecule has 146 valence electrons. The standard InChI is InChI=1S/C19H30N2O5/c1-2-3-4-5-6-7-8-9-10-11-12-26-16-17-13-18(20(22)23)15-19(14-17)21(24)25/h13-15H,2-12,16H2,1H3. The van der Waals surface area contributed by atoms with Crippen molar-refractivity contribution in [2.45, 2.75) is 77.7 Å². The molecule has 0 radical (unpaired) electrons. The summed E-state index contributed by atoms with van der Waals surface area (Å²) in [5, 5.41) is 21.7. The fourth-order valence-corrected chi connectivity index (χ4v) is 2.83. The molecule has 1 rings (SSSR count). The minimum atomic E-state index is -0.626. The van der Waals surface area contributed by atoms with Gasteiger partial charge in [-0.25, -0.2) is 0 Å². The van der Waals surface area contributed by atoms with Gasteiger partial charge in [-0.1, -0.05) is 64.7 Å². The minimum absolute atomic E-state index is 0.153. The molecule has 0 aliphatic carbocycles. The Balaban J connectivity index is 2.16. The molecule has 0 saturated heterocycles. The number of nitro groups is 2. The molecular weight excluding hydrogens is 336 g/mol. The molecule has 0 bridgehead atoms. The van der Waals surface area contributed by atoms with Gasteiger partial charge >= 0.3 is 0 Å². The first-order valence-electron chi connectivity index (χ1n) is 9.55. The van der Waals surface area contributed by atoms with Crippen molar-refractivity contribution in [1.29, 1.82) is 0 Å². The van der Waals surface area contributed by atoms with Crippen molar-refractivity contribution in [2.24, 2.45) is 0 Å². The number of benzene rings is 1. The largest absolute Gasteiger partial charge is 0.377 e. The third kappa shape index (κ3) is 9.46. The van der Waals surface area contributed by atoms with Gasteiger partial charge in [0.1, 0.15) is 0 Å². The van der Waals surface area contributed by atoms with E-state index >= 15 is 0 Å². The van der Waals surface area contributed by atoms with E-state index in [1.54, 1.807) is 0 Å². The van der Waals surface area contributed by atoms with Gasteiger partial charge in [-0.05, 0) is 12.0 Å². The van der Waals surface area contributed by atoms with Gasteiger partial charge in [0.05, 0.1) is 22.5 Å². The molecule has 0 aliphatic heterocycles.